The summed E-state index contributed by atoms with van der Waals surface area (Å²) in [7, 11) is 0. The molecule has 114 valence electrons. The van der Waals surface area contributed by atoms with Gasteiger partial charge in [0.1, 0.15) is 0 Å². The highest BCUT2D eigenvalue weighted by Gasteiger charge is 1.90. The molecule has 1 N–H and O–H groups in total. The summed E-state index contributed by atoms with van der Waals surface area (Å²) < 4.78 is 0. The number of hydrogen-bond acceptors (Lipinski definition) is 1. The topological polar surface area (TPSA) is 37.3 Å². The number of unbranched alkanes of at least 4 members (excludes halogenated alkanes) is 6. The molecule has 0 heterocycles. The molecule has 0 saturated heterocycles. The molecule has 20 heavy (non-hydrogen) atoms. The molecule has 0 bridgehead atoms. The Morgan fingerprint density at radius 1 is 0.800 bits per heavy atom. The second-order valence-electron chi connectivity index (χ2n) is 5.04. The molecule has 0 aliphatic heterocycles. The van der Waals surface area contributed by atoms with E-state index in [1.165, 1.54) is 38.5 Å². The van der Waals surface area contributed by atoms with Crippen molar-refractivity contribution in [3.63, 3.8) is 0 Å². The zero-order valence-corrected chi connectivity index (χ0v) is 12.9. The molecule has 0 atom stereocenters. The summed E-state index contributed by atoms with van der Waals surface area (Å²) in [5.41, 5.74) is 0. The molecule has 2 nitrogen and oxygen atoms in total. The molecule has 0 amide bonds. The third-order valence-electron chi connectivity index (χ3n) is 3.04. The van der Waals surface area contributed by atoms with Gasteiger partial charge in [-0.3, -0.25) is 4.79 Å². The van der Waals surface area contributed by atoms with Gasteiger partial charge in [-0.1, -0.05) is 62.6 Å². The van der Waals surface area contributed by atoms with Crippen LogP contribution < -0.4 is 0 Å². The Morgan fingerprint density at radius 3 is 2.05 bits per heavy atom. The van der Waals surface area contributed by atoms with Crippen LogP contribution in [0.15, 0.2) is 36.5 Å². The maximum absolute atomic E-state index is 10.3. The standard InChI is InChI=1S/C18H30O2/c1-2-3-4-5-6-7-8-9-10-11-12-13-14-15-16-17-18(19)20/h7-8,12-15H,2-6,9-11,16-17H2,1H3,(H,19,20)/b8-7+,13-12+,15-14+. The van der Waals surface area contributed by atoms with E-state index in [4.69, 9.17) is 5.11 Å². The van der Waals surface area contributed by atoms with Crippen molar-refractivity contribution in [2.24, 2.45) is 0 Å². The minimum Gasteiger partial charge on any atom is -0.481 e. The average molecular weight is 278 g/mol. The quantitative estimate of drug-likeness (QED) is 0.268. The largest absolute Gasteiger partial charge is 0.481 e. The SMILES string of the molecule is CCCCCC/C=C/CCC/C=C/C=C/CCC(=O)O. The van der Waals surface area contributed by atoms with Crippen molar-refractivity contribution in [3.05, 3.63) is 36.5 Å². The molecule has 0 unspecified atom stereocenters. The lowest BCUT2D eigenvalue weighted by Crippen LogP contribution is -1.91. The number of hydrogen-bond donors (Lipinski definition) is 1. The van der Waals surface area contributed by atoms with Crippen LogP contribution in [0.25, 0.3) is 0 Å². The molecule has 2 heteroatoms. The van der Waals surface area contributed by atoms with E-state index in [-0.39, 0.29) is 6.42 Å². The number of carboxylic acids is 1. The molecular weight excluding hydrogens is 248 g/mol. The number of aliphatic carboxylic acids is 1. The first-order chi connectivity index (χ1) is 9.77. The lowest BCUT2D eigenvalue weighted by atomic mass is 10.1. The van der Waals surface area contributed by atoms with Crippen molar-refractivity contribution >= 4 is 5.97 Å². The summed E-state index contributed by atoms with van der Waals surface area (Å²) in [4.78, 5) is 10.3. The van der Waals surface area contributed by atoms with Crippen LogP contribution in [-0.2, 0) is 4.79 Å². The summed E-state index contributed by atoms with van der Waals surface area (Å²) in [6, 6.07) is 0. The van der Waals surface area contributed by atoms with E-state index in [0.717, 1.165) is 12.8 Å². The zero-order valence-electron chi connectivity index (χ0n) is 12.9. The van der Waals surface area contributed by atoms with E-state index < -0.39 is 5.97 Å². The third kappa shape index (κ3) is 16.7. The Bertz CT molecular complexity index is 301. The molecule has 0 aromatic rings. The van der Waals surface area contributed by atoms with Crippen LogP contribution in [0.3, 0.4) is 0 Å². The van der Waals surface area contributed by atoms with E-state index in [1.54, 1.807) is 0 Å². The predicted octanol–water partition coefficient (Wildman–Crippen LogP) is 5.66. The van der Waals surface area contributed by atoms with Crippen LogP contribution in [0.1, 0.15) is 71.1 Å². The minimum atomic E-state index is -0.736. The second kappa shape index (κ2) is 15.7. The van der Waals surface area contributed by atoms with Gasteiger partial charge in [-0.05, 0) is 38.5 Å². The summed E-state index contributed by atoms with van der Waals surface area (Å²) in [6.07, 6.45) is 23.4. The fraction of sp³-hybridized carbons (Fsp3) is 0.611. The van der Waals surface area contributed by atoms with Crippen molar-refractivity contribution < 1.29 is 9.90 Å². The van der Waals surface area contributed by atoms with Crippen LogP contribution in [0.2, 0.25) is 0 Å². The van der Waals surface area contributed by atoms with Crippen molar-refractivity contribution in [2.45, 2.75) is 71.1 Å². The van der Waals surface area contributed by atoms with Crippen molar-refractivity contribution in [2.75, 3.05) is 0 Å². The van der Waals surface area contributed by atoms with Gasteiger partial charge in [-0.15, -0.1) is 0 Å². The normalized spacial score (nSPS) is 12.1. The molecule has 0 aromatic carbocycles. The Kier molecular flexibility index (Phi) is 14.7. The van der Waals surface area contributed by atoms with Crippen LogP contribution in [0, 0.1) is 0 Å². The molecule has 0 saturated carbocycles. The van der Waals surface area contributed by atoms with E-state index in [9.17, 15) is 4.79 Å². The summed E-state index contributed by atoms with van der Waals surface area (Å²) in [6.45, 7) is 2.24. The highest BCUT2D eigenvalue weighted by molar-refractivity contribution is 5.66. The van der Waals surface area contributed by atoms with Crippen LogP contribution >= 0.6 is 0 Å². The number of rotatable bonds is 13. The van der Waals surface area contributed by atoms with E-state index >= 15 is 0 Å². The highest BCUT2D eigenvalue weighted by Crippen LogP contribution is 2.04. The van der Waals surface area contributed by atoms with Gasteiger partial charge in [-0.25, -0.2) is 0 Å². The fourth-order valence-corrected chi connectivity index (χ4v) is 1.83. The summed E-state index contributed by atoms with van der Waals surface area (Å²) in [5.74, 6) is -0.736. The van der Waals surface area contributed by atoms with Crippen LogP contribution in [0.5, 0.6) is 0 Å². The molecule has 0 radical (unpaired) electrons. The Hall–Kier alpha value is -1.31. The first kappa shape index (κ1) is 18.7. The summed E-state index contributed by atoms with van der Waals surface area (Å²) >= 11 is 0. The fourth-order valence-electron chi connectivity index (χ4n) is 1.83. The lowest BCUT2D eigenvalue weighted by molar-refractivity contribution is -0.136. The first-order valence-electron chi connectivity index (χ1n) is 7.95. The van der Waals surface area contributed by atoms with Gasteiger partial charge in [0.2, 0.25) is 0 Å². The first-order valence-corrected chi connectivity index (χ1v) is 7.95. The molecule has 0 spiro atoms. The predicted molar refractivity (Wildman–Crippen MR) is 86.9 cm³/mol. The highest BCUT2D eigenvalue weighted by atomic mass is 16.4. The van der Waals surface area contributed by atoms with Gasteiger partial charge in [0, 0.05) is 6.42 Å². The lowest BCUT2D eigenvalue weighted by Gasteiger charge is -1.94. The Morgan fingerprint density at radius 2 is 1.40 bits per heavy atom. The van der Waals surface area contributed by atoms with Crippen LogP contribution in [-0.4, -0.2) is 11.1 Å². The average Bonchev–Trinajstić information content (AvgIpc) is 2.43. The summed E-state index contributed by atoms with van der Waals surface area (Å²) in [5, 5.41) is 8.46. The maximum Gasteiger partial charge on any atom is 0.303 e. The molecule has 0 aliphatic rings. The third-order valence-corrected chi connectivity index (χ3v) is 3.04. The van der Waals surface area contributed by atoms with Crippen molar-refractivity contribution in [3.8, 4) is 0 Å². The number of carbonyl (C=O) groups is 1. The Labute approximate surface area is 124 Å². The van der Waals surface area contributed by atoms with E-state index in [1.807, 2.05) is 18.2 Å². The van der Waals surface area contributed by atoms with Gasteiger partial charge >= 0.3 is 5.97 Å². The number of allylic oxidation sites excluding steroid dienone is 6. The molecule has 0 fully saturated rings. The monoisotopic (exact) mass is 278 g/mol. The van der Waals surface area contributed by atoms with E-state index in [2.05, 4.69) is 25.2 Å². The smallest absolute Gasteiger partial charge is 0.303 e. The number of carboxylic acid groups (broad SMARTS) is 1. The molecule has 0 aromatic heterocycles. The molecule has 0 aliphatic carbocycles. The van der Waals surface area contributed by atoms with Crippen molar-refractivity contribution in [1.29, 1.82) is 0 Å². The van der Waals surface area contributed by atoms with E-state index in [0.29, 0.717) is 6.42 Å². The molecular formula is C18H30O2. The van der Waals surface area contributed by atoms with Crippen LogP contribution in [0.4, 0.5) is 0 Å². The van der Waals surface area contributed by atoms with Gasteiger partial charge in [0.15, 0.2) is 0 Å². The van der Waals surface area contributed by atoms with Gasteiger partial charge < -0.3 is 5.11 Å². The van der Waals surface area contributed by atoms with Crippen molar-refractivity contribution in [1.82, 2.24) is 0 Å². The Balaban J connectivity index is 3.30. The zero-order chi connectivity index (χ0) is 14.9. The van der Waals surface area contributed by atoms with Gasteiger partial charge in [0.25, 0.3) is 0 Å². The van der Waals surface area contributed by atoms with Gasteiger partial charge in [-0.2, -0.15) is 0 Å². The minimum absolute atomic E-state index is 0.216. The maximum atomic E-state index is 10.3. The van der Waals surface area contributed by atoms with Gasteiger partial charge in [0.05, 0.1) is 0 Å². The molecule has 0 rings (SSSR count). The second-order valence-corrected chi connectivity index (χ2v) is 5.04.